The van der Waals surface area contributed by atoms with E-state index in [-0.39, 0.29) is 17.6 Å². The summed E-state index contributed by atoms with van der Waals surface area (Å²) >= 11 is 0. The van der Waals surface area contributed by atoms with Gasteiger partial charge in [-0.05, 0) is 20.3 Å². The molecule has 4 nitrogen and oxygen atoms in total. The highest BCUT2D eigenvalue weighted by atomic mass is 16.1. The second kappa shape index (κ2) is 6.09. The summed E-state index contributed by atoms with van der Waals surface area (Å²) in [6, 6.07) is -0.0234. The predicted molar refractivity (Wildman–Crippen MR) is 70.0 cm³/mol. The number of hydrogen-bond acceptors (Lipinski definition) is 3. The average molecular weight is 233 g/mol. The lowest BCUT2D eigenvalue weighted by Crippen LogP contribution is -2.29. The van der Waals surface area contributed by atoms with Crippen LogP contribution in [0.15, 0.2) is 17.2 Å². The van der Waals surface area contributed by atoms with Gasteiger partial charge in [0.2, 0.25) is 0 Å². The molecule has 0 spiro atoms. The maximum atomic E-state index is 12.0. The van der Waals surface area contributed by atoms with Crippen molar-refractivity contribution in [2.45, 2.75) is 45.7 Å². The number of rotatable bonds is 5. The van der Waals surface area contributed by atoms with Crippen LogP contribution in [-0.4, -0.2) is 15.6 Å². The van der Waals surface area contributed by atoms with Crippen molar-refractivity contribution >= 4 is 5.82 Å². The monoisotopic (exact) mass is 233 g/mol. The lowest BCUT2D eigenvalue weighted by Gasteiger charge is -2.14. The number of terminal acetylenes is 1. The normalized spacial score (nSPS) is 12.2. The van der Waals surface area contributed by atoms with Crippen LogP contribution in [0.2, 0.25) is 0 Å². The Morgan fingerprint density at radius 3 is 2.82 bits per heavy atom. The van der Waals surface area contributed by atoms with E-state index in [1.807, 2.05) is 13.8 Å². The molecule has 1 heterocycles. The van der Waals surface area contributed by atoms with Crippen molar-refractivity contribution in [3.8, 4) is 12.3 Å². The first-order valence-electron chi connectivity index (χ1n) is 5.90. The predicted octanol–water partition coefficient (Wildman–Crippen LogP) is 2.04. The minimum absolute atomic E-state index is 0.113. The van der Waals surface area contributed by atoms with Gasteiger partial charge in [0.05, 0.1) is 6.04 Å². The second-order valence-corrected chi connectivity index (χ2v) is 4.23. The molecule has 1 unspecified atom stereocenters. The first kappa shape index (κ1) is 13.3. The lowest BCUT2D eigenvalue weighted by atomic mass is 10.2. The third-order valence-corrected chi connectivity index (χ3v) is 2.51. The van der Waals surface area contributed by atoms with E-state index in [4.69, 9.17) is 6.42 Å². The zero-order valence-electron chi connectivity index (χ0n) is 10.6. The van der Waals surface area contributed by atoms with Crippen molar-refractivity contribution in [3.63, 3.8) is 0 Å². The molecular weight excluding hydrogens is 214 g/mol. The maximum Gasteiger partial charge on any atom is 0.293 e. The second-order valence-electron chi connectivity index (χ2n) is 4.23. The Hall–Kier alpha value is -1.76. The Morgan fingerprint density at radius 1 is 1.59 bits per heavy atom. The minimum Gasteiger partial charge on any atom is -0.352 e. The van der Waals surface area contributed by atoms with Crippen LogP contribution in [-0.2, 0) is 0 Å². The largest absolute Gasteiger partial charge is 0.352 e. The topological polar surface area (TPSA) is 46.9 Å². The summed E-state index contributed by atoms with van der Waals surface area (Å²) in [6.45, 7) is 5.96. The summed E-state index contributed by atoms with van der Waals surface area (Å²) in [5.74, 6) is 2.96. The quantitative estimate of drug-likeness (QED) is 0.792. The van der Waals surface area contributed by atoms with E-state index < -0.39 is 0 Å². The average Bonchev–Trinajstić information content (AvgIpc) is 2.30. The van der Waals surface area contributed by atoms with Gasteiger partial charge in [-0.25, -0.2) is 4.98 Å². The number of hydrogen-bond donors (Lipinski definition) is 1. The molecule has 1 N–H and O–H groups in total. The number of nitrogens with one attached hydrogen (secondary N) is 1. The van der Waals surface area contributed by atoms with Crippen LogP contribution < -0.4 is 10.9 Å². The molecule has 0 aliphatic rings. The van der Waals surface area contributed by atoms with Gasteiger partial charge in [-0.1, -0.05) is 19.3 Å². The highest BCUT2D eigenvalue weighted by molar-refractivity contribution is 5.35. The summed E-state index contributed by atoms with van der Waals surface area (Å²) in [6.07, 6.45) is 10.5. The van der Waals surface area contributed by atoms with Crippen LogP contribution >= 0.6 is 0 Å². The van der Waals surface area contributed by atoms with E-state index in [1.54, 1.807) is 17.0 Å². The van der Waals surface area contributed by atoms with E-state index in [9.17, 15) is 4.79 Å². The summed E-state index contributed by atoms with van der Waals surface area (Å²) in [4.78, 5) is 16.1. The molecule has 17 heavy (non-hydrogen) atoms. The van der Waals surface area contributed by atoms with Crippen molar-refractivity contribution < 1.29 is 0 Å². The third-order valence-electron chi connectivity index (χ3n) is 2.51. The van der Waals surface area contributed by atoms with E-state index in [2.05, 4.69) is 23.1 Å². The van der Waals surface area contributed by atoms with Crippen LogP contribution in [0.1, 0.15) is 39.7 Å². The molecule has 0 saturated heterocycles. The maximum absolute atomic E-state index is 12.0. The van der Waals surface area contributed by atoms with E-state index >= 15 is 0 Å². The standard InChI is InChI=1S/C13H19N3O/c1-5-7-11(6-2)15-12-13(17)16(10(3)4)9-8-14-12/h2,8-11H,5,7H2,1,3-4H3,(H,14,15). The number of aromatic nitrogens is 2. The van der Waals surface area contributed by atoms with Crippen molar-refractivity contribution in [3.05, 3.63) is 22.7 Å². The Labute approximate surface area is 102 Å². The Bertz CT molecular complexity index is 456. The number of anilines is 1. The van der Waals surface area contributed by atoms with Gasteiger partial charge in [0.15, 0.2) is 5.82 Å². The van der Waals surface area contributed by atoms with Crippen LogP contribution in [0.25, 0.3) is 0 Å². The molecule has 0 fully saturated rings. The zero-order chi connectivity index (χ0) is 12.8. The lowest BCUT2D eigenvalue weighted by molar-refractivity contribution is 0.574. The number of nitrogens with zero attached hydrogens (tertiary/aromatic N) is 2. The van der Waals surface area contributed by atoms with Gasteiger partial charge in [0, 0.05) is 18.4 Å². The van der Waals surface area contributed by atoms with Gasteiger partial charge >= 0.3 is 0 Å². The summed E-state index contributed by atoms with van der Waals surface area (Å²) < 4.78 is 1.63. The van der Waals surface area contributed by atoms with Gasteiger partial charge < -0.3 is 9.88 Å². The molecule has 0 radical (unpaired) electrons. The fraction of sp³-hybridized carbons (Fsp3) is 0.538. The summed E-state index contributed by atoms with van der Waals surface area (Å²) in [5, 5.41) is 3.01. The molecule has 0 saturated carbocycles. The highest BCUT2D eigenvalue weighted by Crippen LogP contribution is 2.05. The summed E-state index contributed by atoms with van der Waals surface area (Å²) in [5.41, 5.74) is -0.126. The van der Waals surface area contributed by atoms with Gasteiger partial charge in [-0.15, -0.1) is 6.42 Å². The van der Waals surface area contributed by atoms with Gasteiger partial charge in [-0.3, -0.25) is 4.79 Å². The van der Waals surface area contributed by atoms with E-state index in [0.717, 1.165) is 12.8 Å². The van der Waals surface area contributed by atoms with Crippen LogP contribution in [0.4, 0.5) is 5.82 Å². The minimum atomic E-state index is -0.136. The molecule has 0 aliphatic carbocycles. The molecule has 1 aromatic rings. The molecule has 1 rings (SSSR count). The Balaban J connectivity index is 2.96. The van der Waals surface area contributed by atoms with Gasteiger partial charge in [0.1, 0.15) is 0 Å². The fourth-order valence-corrected chi connectivity index (χ4v) is 1.58. The van der Waals surface area contributed by atoms with Crippen LogP contribution in [0, 0.1) is 12.3 Å². The van der Waals surface area contributed by atoms with Crippen molar-refractivity contribution in [1.82, 2.24) is 9.55 Å². The molecule has 1 aromatic heterocycles. The Kier molecular flexibility index (Phi) is 4.77. The first-order valence-corrected chi connectivity index (χ1v) is 5.90. The molecule has 1 atom stereocenters. The third kappa shape index (κ3) is 3.35. The van der Waals surface area contributed by atoms with Gasteiger partial charge in [0.25, 0.3) is 5.56 Å². The van der Waals surface area contributed by atoms with Crippen LogP contribution in [0.3, 0.4) is 0 Å². The molecule has 4 heteroatoms. The van der Waals surface area contributed by atoms with Crippen molar-refractivity contribution in [2.75, 3.05) is 5.32 Å². The molecule has 0 aromatic carbocycles. The molecule has 0 aliphatic heterocycles. The van der Waals surface area contributed by atoms with Crippen molar-refractivity contribution in [2.24, 2.45) is 0 Å². The highest BCUT2D eigenvalue weighted by Gasteiger charge is 2.10. The van der Waals surface area contributed by atoms with E-state index in [1.165, 1.54) is 0 Å². The van der Waals surface area contributed by atoms with Crippen molar-refractivity contribution in [1.29, 1.82) is 0 Å². The summed E-state index contributed by atoms with van der Waals surface area (Å²) in [7, 11) is 0. The first-order chi connectivity index (χ1) is 8.10. The molecular formula is C13H19N3O. The SMILES string of the molecule is C#CC(CCC)Nc1nccn(C(C)C)c1=O. The molecule has 0 amide bonds. The van der Waals surface area contributed by atoms with Crippen LogP contribution in [0.5, 0.6) is 0 Å². The molecule has 92 valence electrons. The van der Waals surface area contributed by atoms with Gasteiger partial charge in [-0.2, -0.15) is 0 Å². The smallest absolute Gasteiger partial charge is 0.293 e. The molecule has 0 bridgehead atoms. The zero-order valence-corrected chi connectivity index (χ0v) is 10.6. The Morgan fingerprint density at radius 2 is 2.29 bits per heavy atom. The fourth-order valence-electron chi connectivity index (χ4n) is 1.58. The van der Waals surface area contributed by atoms with E-state index in [0.29, 0.717) is 5.82 Å².